The van der Waals surface area contributed by atoms with Gasteiger partial charge in [0.1, 0.15) is 23.3 Å². The summed E-state index contributed by atoms with van der Waals surface area (Å²) in [6, 6.07) is 13.5. The first kappa shape index (κ1) is 24.0. The number of anilines is 1. The summed E-state index contributed by atoms with van der Waals surface area (Å²) in [5, 5.41) is 13.5. The molecule has 3 heterocycles. The highest BCUT2D eigenvalue weighted by Gasteiger charge is 2.48. The molecular formula is C27H24N2O5S2. The van der Waals surface area contributed by atoms with Gasteiger partial charge in [-0.05, 0) is 66.8 Å². The van der Waals surface area contributed by atoms with Crippen molar-refractivity contribution in [1.82, 2.24) is 4.98 Å². The number of thiazole rings is 1. The highest BCUT2D eigenvalue weighted by Crippen LogP contribution is 2.46. The van der Waals surface area contributed by atoms with Gasteiger partial charge in [0.05, 0.1) is 29.5 Å². The van der Waals surface area contributed by atoms with Crippen LogP contribution in [0.25, 0.3) is 16.0 Å². The van der Waals surface area contributed by atoms with Gasteiger partial charge in [0.2, 0.25) is 0 Å². The minimum atomic E-state index is -0.787. The van der Waals surface area contributed by atoms with Gasteiger partial charge in [-0.15, -0.1) is 11.3 Å². The molecule has 1 saturated heterocycles. The van der Waals surface area contributed by atoms with Crippen molar-refractivity contribution < 1.29 is 24.2 Å². The van der Waals surface area contributed by atoms with Gasteiger partial charge in [0.15, 0.2) is 5.13 Å². The van der Waals surface area contributed by atoms with Crippen molar-refractivity contribution in [2.24, 2.45) is 0 Å². The van der Waals surface area contributed by atoms with Crippen molar-refractivity contribution in [1.29, 1.82) is 0 Å². The second-order valence-electron chi connectivity index (χ2n) is 8.34. The Kier molecular flexibility index (Phi) is 6.51. The molecule has 1 unspecified atom stereocenters. The van der Waals surface area contributed by atoms with Crippen LogP contribution in [0.1, 0.15) is 35.4 Å². The molecule has 1 atom stereocenters. The van der Waals surface area contributed by atoms with E-state index in [1.54, 1.807) is 31.4 Å². The van der Waals surface area contributed by atoms with Gasteiger partial charge < -0.3 is 14.6 Å². The Morgan fingerprint density at radius 1 is 1.17 bits per heavy atom. The van der Waals surface area contributed by atoms with E-state index in [1.807, 2.05) is 43.5 Å². The number of ketones is 1. The van der Waals surface area contributed by atoms with Gasteiger partial charge in [0, 0.05) is 10.4 Å². The minimum absolute atomic E-state index is 0.0395. The molecule has 0 radical (unpaired) electrons. The lowest BCUT2D eigenvalue weighted by atomic mass is 10.00. The molecule has 0 saturated carbocycles. The van der Waals surface area contributed by atoms with Crippen molar-refractivity contribution in [2.45, 2.75) is 26.3 Å². The lowest BCUT2D eigenvalue weighted by Crippen LogP contribution is -2.28. The summed E-state index contributed by atoms with van der Waals surface area (Å²) in [5.74, 6) is -0.300. The van der Waals surface area contributed by atoms with Crippen LogP contribution >= 0.6 is 22.7 Å². The number of hydrogen-bond donors (Lipinski definition) is 1. The maximum atomic E-state index is 13.4. The van der Waals surface area contributed by atoms with Gasteiger partial charge in [-0.3, -0.25) is 14.5 Å². The van der Waals surface area contributed by atoms with E-state index >= 15 is 0 Å². The van der Waals surface area contributed by atoms with Crippen LogP contribution in [0.3, 0.4) is 0 Å². The average Bonchev–Trinajstić information content (AvgIpc) is 3.61. The summed E-state index contributed by atoms with van der Waals surface area (Å²) in [7, 11) is 1.61. The normalized spacial score (nSPS) is 17.2. The van der Waals surface area contributed by atoms with Crippen LogP contribution < -0.4 is 14.4 Å². The van der Waals surface area contributed by atoms with E-state index in [-0.39, 0.29) is 11.3 Å². The van der Waals surface area contributed by atoms with Gasteiger partial charge in [0.25, 0.3) is 5.78 Å². The number of rotatable bonds is 7. The molecule has 9 heteroatoms. The van der Waals surface area contributed by atoms with E-state index in [4.69, 9.17) is 9.47 Å². The molecule has 5 rings (SSSR count). The third-order valence-electron chi connectivity index (χ3n) is 5.96. The number of Topliss-reactive ketones (excluding diaryl/α,β-unsaturated/α-hetero) is 1. The van der Waals surface area contributed by atoms with Crippen LogP contribution in [0.5, 0.6) is 11.5 Å². The number of nitrogens with zero attached hydrogens (tertiary/aromatic N) is 2. The van der Waals surface area contributed by atoms with E-state index in [9.17, 15) is 14.7 Å². The molecule has 1 aliphatic heterocycles. The standard InChI is InChI=1S/C27H24N2O5S2/c1-4-11-34-17-9-7-16(8-10-17)24(30)22-23(20-6-5-12-35-20)29(26(32)25(22)31)27-28-18-13-15(2)19(33-3)14-21(18)36-27/h5-10,12-14,23,30H,4,11H2,1-3H3/b24-22+. The quantitative estimate of drug-likeness (QED) is 0.180. The van der Waals surface area contributed by atoms with Crippen LogP contribution in [0.15, 0.2) is 59.5 Å². The molecule has 184 valence electrons. The predicted octanol–water partition coefficient (Wildman–Crippen LogP) is 6.09. The Bertz CT molecular complexity index is 1470. The molecule has 1 fully saturated rings. The first-order valence-electron chi connectivity index (χ1n) is 11.5. The van der Waals surface area contributed by atoms with Crippen LogP contribution in [0, 0.1) is 6.92 Å². The van der Waals surface area contributed by atoms with Gasteiger partial charge in [-0.2, -0.15) is 0 Å². The summed E-state index contributed by atoms with van der Waals surface area (Å²) >= 11 is 2.72. The van der Waals surface area contributed by atoms with Gasteiger partial charge in [-0.25, -0.2) is 4.98 Å². The third-order valence-corrected chi connectivity index (χ3v) is 7.90. The number of aliphatic hydroxyl groups is 1. The average molecular weight is 521 g/mol. The predicted molar refractivity (Wildman–Crippen MR) is 142 cm³/mol. The number of aliphatic hydroxyl groups excluding tert-OH is 1. The molecule has 0 spiro atoms. The second-order valence-corrected chi connectivity index (χ2v) is 10.3. The van der Waals surface area contributed by atoms with Crippen molar-refractivity contribution in [3.05, 3.63) is 75.5 Å². The molecular weight excluding hydrogens is 496 g/mol. The lowest BCUT2D eigenvalue weighted by molar-refractivity contribution is -0.132. The number of amides is 1. The number of thiophene rings is 1. The van der Waals surface area contributed by atoms with Gasteiger partial charge >= 0.3 is 5.91 Å². The zero-order valence-corrected chi connectivity index (χ0v) is 21.6. The summed E-state index contributed by atoms with van der Waals surface area (Å²) in [5.41, 5.74) is 2.11. The fraction of sp³-hybridized carbons (Fsp3) is 0.222. The largest absolute Gasteiger partial charge is 0.507 e. The number of carbonyl (C=O) groups is 2. The molecule has 1 N–H and O–H groups in total. The van der Waals surface area contributed by atoms with Crippen molar-refractivity contribution in [3.63, 3.8) is 0 Å². The van der Waals surface area contributed by atoms with Crippen LogP contribution in [0.2, 0.25) is 0 Å². The zero-order chi connectivity index (χ0) is 25.4. The first-order valence-corrected chi connectivity index (χ1v) is 13.1. The number of benzene rings is 2. The van der Waals surface area contributed by atoms with Crippen LogP contribution in [0.4, 0.5) is 5.13 Å². The van der Waals surface area contributed by atoms with E-state index in [2.05, 4.69) is 4.98 Å². The summed E-state index contributed by atoms with van der Waals surface area (Å²) < 4.78 is 11.9. The van der Waals surface area contributed by atoms with Crippen molar-refractivity contribution in [2.75, 3.05) is 18.6 Å². The van der Waals surface area contributed by atoms with Crippen LogP contribution in [-0.2, 0) is 9.59 Å². The van der Waals surface area contributed by atoms with E-state index in [1.165, 1.54) is 27.6 Å². The van der Waals surface area contributed by atoms with Crippen molar-refractivity contribution in [3.8, 4) is 11.5 Å². The van der Waals surface area contributed by atoms with Crippen LogP contribution in [-0.4, -0.2) is 35.5 Å². The first-order chi connectivity index (χ1) is 17.4. The highest BCUT2D eigenvalue weighted by atomic mass is 32.1. The zero-order valence-electron chi connectivity index (χ0n) is 20.0. The molecule has 0 bridgehead atoms. The highest BCUT2D eigenvalue weighted by molar-refractivity contribution is 7.22. The van der Waals surface area contributed by atoms with E-state index in [0.29, 0.717) is 28.6 Å². The smallest absolute Gasteiger partial charge is 0.301 e. The Labute approximate surface area is 216 Å². The number of hydrogen-bond acceptors (Lipinski definition) is 8. The van der Waals surface area contributed by atoms with Gasteiger partial charge in [-0.1, -0.05) is 24.3 Å². The fourth-order valence-corrected chi connectivity index (χ4v) is 6.03. The number of aryl methyl sites for hydroxylation is 1. The molecule has 36 heavy (non-hydrogen) atoms. The Morgan fingerprint density at radius 3 is 2.61 bits per heavy atom. The summed E-state index contributed by atoms with van der Waals surface area (Å²) in [6.45, 7) is 4.53. The topological polar surface area (TPSA) is 89.0 Å². The maximum Gasteiger partial charge on any atom is 0.301 e. The second kappa shape index (κ2) is 9.75. The molecule has 2 aromatic heterocycles. The number of aromatic nitrogens is 1. The van der Waals surface area contributed by atoms with E-state index < -0.39 is 17.7 Å². The Balaban J connectivity index is 1.62. The molecule has 1 aliphatic rings. The number of fused-ring (bicyclic) bond motifs is 1. The molecule has 7 nitrogen and oxygen atoms in total. The Morgan fingerprint density at radius 2 is 1.94 bits per heavy atom. The maximum absolute atomic E-state index is 13.4. The summed E-state index contributed by atoms with van der Waals surface area (Å²) in [4.78, 5) is 33.5. The number of carbonyl (C=O) groups excluding carboxylic acids is 2. The Hall–Kier alpha value is -3.69. The van der Waals surface area contributed by atoms with E-state index in [0.717, 1.165) is 27.3 Å². The lowest BCUT2D eigenvalue weighted by Gasteiger charge is -2.21. The SMILES string of the molecule is CCCOc1ccc(/C(O)=C2\C(=O)C(=O)N(c3nc4cc(C)c(OC)cc4s3)C2c2cccs2)cc1. The fourth-order valence-electron chi connectivity index (χ4n) is 4.20. The summed E-state index contributed by atoms with van der Waals surface area (Å²) in [6.07, 6.45) is 0.879. The third kappa shape index (κ3) is 4.14. The number of methoxy groups -OCH3 is 1. The molecule has 1 amide bonds. The number of ether oxygens (including phenoxy) is 2. The molecule has 0 aliphatic carbocycles. The minimum Gasteiger partial charge on any atom is -0.507 e. The molecule has 2 aromatic carbocycles. The monoisotopic (exact) mass is 520 g/mol. The van der Waals surface area contributed by atoms with Crippen molar-refractivity contribution >= 4 is 55.5 Å². The molecule has 4 aromatic rings.